The van der Waals surface area contributed by atoms with Gasteiger partial charge in [-0.05, 0) is 25.7 Å². The molecule has 0 heterocycles. The van der Waals surface area contributed by atoms with E-state index in [2.05, 4.69) is 12.2 Å². The van der Waals surface area contributed by atoms with Crippen molar-refractivity contribution < 1.29 is 20.1 Å². The fourth-order valence-electron chi connectivity index (χ4n) is 3.39. The van der Waals surface area contributed by atoms with Crippen LogP contribution in [0.3, 0.4) is 0 Å². The Kier molecular flexibility index (Phi) is 21.1. The summed E-state index contributed by atoms with van der Waals surface area (Å²) in [4.78, 5) is 11.8. The molecule has 5 nitrogen and oxygen atoms in total. The molecule has 0 saturated carbocycles. The first-order valence-electron chi connectivity index (χ1n) is 12.0. The van der Waals surface area contributed by atoms with Crippen LogP contribution in [0.4, 0.5) is 0 Å². The number of carbonyl (C=O) groups excluding carboxylic acids is 1. The van der Waals surface area contributed by atoms with Gasteiger partial charge in [0.25, 0.3) is 0 Å². The lowest BCUT2D eigenvalue weighted by Gasteiger charge is -2.19. The lowest BCUT2D eigenvalue weighted by Crippen LogP contribution is -2.45. The molecule has 0 aromatic rings. The molecular weight excluding hydrogens is 366 g/mol. The van der Waals surface area contributed by atoms with Gasteiger partial charge < -0.3 is 20.6 Å². The van der Waals surface area contributed by atoms with Gasteiger partial charge in [-0.15, -0.1) is 0 Å². The molecule has 29 heavy (non-hydrogen) atoms. The number of hydrogen-bond acceptors (Lipinski definition) is 4. The van der Waals surface area contributed by atoms with E-state index >= 15 is 0 Å². The number of amides is 1. The standard InChI is InChI=1S/C24H47NO4/c1-2-3-4-5-6-7-8-9-10-11-12-13-15-18-23(28)22(21-27)25-24(29)19-16-14-17-20-26/h15,18,22-23,26-28H,2-14,16-17,19-21H2,1H3,(H,25,29)/b18-15+. The lowest BCUT2D eigenvalue weighted by molar-refractivity contribution is -0.123. The van der Waals surface area contributed by atoms with E-state index in [1.54, 1.807) is 6.08 Å². The van der Waals surface area contributed by atoms with Crippen molar-refractivity contribution >= 4 is 5.91 Å². The second-order valence-corrected chi connectivity index (χ2v) is 8.13. The Balaban J connectivity index is 3.68. The molecule has 4 N–H and O–H groups in total. The number of rotatable bonds is 21. The number of carbonyl (C=O) groups is 1. The van der Waals surface area contributed by atoms with Crippen LogP contribution in [0.15, 0.2) is 12.2 Å². The fourth-order valence-corrected chi connectivity index (χ4v) is 3.39. The lowest BCUT2D eigenvalue weighted by atomic mass is 10.0. The van der Waals surface area contributed by atoms with Crippen molar-refractivity contribution in [2.45, 2.75) is 122 Å². The highest BCUT2D eigenvalue weighted by molar-refractivity contribution is 5.76. The van der Waals surface area contributed by atoms with Crippen molar-refractivity contribution in [1.82, 2.24) is 5.32 Å². The first-order valence-corrected chi connectivity index (χ1v) is 12.0. The molecule has 0 bridgehead atoms. The van der Waals surface area contributed by atoms with E-state index in [1.807, 2.05) is 6.08 Å². The summed E-state index contributed by atoms with van der Waals surface area (Å²) in [5, 5.41) is 31.0. The normalized spacial score (nSPS) is 13.7. The Morgan fingerprint density at radius 2 is 1.38 bits per heavy atom. The van der Waals surface area contributed by atoms with Crippen LogP contribution in [-0.4, -0.2) is 46.6 Å². The van der Waals surface area contributed by atoms with Gasteiger partial charge in [-0.3, -0.25) is 4.79 Å². The summed E-state index contributed by atoms with van der Waals surface area (Å²) in [5.41, 5.74) is 0. The summed E-state index contributed by atoms with van der Waals surface area (Å²) in [6.45, 7) is 2.11. The molecule has 2 atom stereocenters. The summed E-state index contributed by atoms with van der Waals surface area (Å²) in [7, 11) is 0. The van der Waals surface area contributed by atoms with E-state index in [0.29, 0.717) is 19.3 Å². The summed E-state index contributed by atoms with van der Waals surface area (Å²) < 4.78 is 0. The largest absolute Gasteiger partial charge is 0.396 e. The van der Waals surface area contributed by atoms with E-state index in [9.17, 15) is 15.0 Å². The van der Waals surface area contributed by atoms with Crippen LogP contribution in [0.5, 0.6) is 0 Å². The molecule has 0 fully saturated rings. The second-order valence-electron chi connectivity index (χ2n) is 8.13. The number of aliphatic hydroxyl groups excluding tert-OH is 3. The molecule has 0 aromatic heterocycles. The average Bonchev–Trinajstić information content (AvgIpc) is 2.72. The van der Waals surface area contributed by atoms with E-state index in [-0.39, 0.29) is 19.1 Å². The number of unbranched alkanes of at least 4 members (excludes halogenated alkanes) is 13. The number of nitrogens with one attached hydrogen (secondary N) is 1. The molecule has 2 unspecified atom stereocenters. The number of aliphatic hydroxyl groups is 3. The molecule has 0 radical (unpaired) electrons. The topological polar surface area (TPSA) is 89.8 Å². The zero-order valence-electron chi connectivity index (χ0n) is 18.8. The predicted octanol–water partition coefficient (Wildman–Crippen LogP) is 4.63. The van der Waals surface area contributed by atoms with E-state index in [1.165, 1.54) is 64.2 Å². The Labute approximate surface area is 179 Å². The van der Waals surface area contributed by atoms with Gasteiger partial charge in [-0.1, -0.05) is 89.7 Å². The zero-order chi connectivity index (χ0) is 21.6. The van der Waals surface area contributed by atoms with E-state index in [0.717, 1.165) is 19.3 Å². The summed E-state index contributed by atoms with van der Waals surface area (Å²) in [5.74, 6) is -0.167. The highest BCUT2D eigenvalue weighted by atomic mass is 16.3. The summed E-state index contributed by atoms with van der Waals surface area (Å²) >= 11 is 0. The quantitative estimate of drug-likeness (QED) is 0.163. The molecule has 172 valence electrons. The van der Waals surface area contributed by atoms with Gasteiger partial charge in [0, 0.05) is 13.0 Å². The van der Waals surface area contributed by atoms with Gasteiger partial charge in [0.15, 0.2) is 0 Å². The number of hydrogen-bond donors (Lipinski definition) is 4. The number of allylic oxidation sites excluding steroid dienone is 1. The van der Waals surface area contributed by atoms with Crippen LogP contribution in [0.25, 0.3) is 0 Å². The van der Waals surface area contributed by atoms with Crippen molar-refractivity contribution in [2.75, 3.05) is 13.2 Å². The van der Waals surface area contributed by atoms with Gasteiger partial charge >= 0.3 is 0 Å². The molecule has 0 saturated heterocycles. The summed E-state index contributed by atoms with van der Waals surface area (Å²) in [6, 6.07) is -0.658. The molecule has 0 aromatic carbocycles. The van der Waals surface area contributed by atoms with Crippen molar-refractivity contribution in [3.8, 4) is 0 Å². The van der Waals surface area contributed by atoms with Gasteiger partial charge in [-0.2, -0.15) is 0 Å². The van der Waals surface area contributed by atoms with Crippen LogP contribution in [0.1, 0.15) is 110 Å². The van der Waals surface area contributed by atoms with Gasteiger partial charge in [0.1, 0.15) is 0 Å². The summed E-state index contributed by atoms with van der Waals surface area (Å²) in [6.07, 6.45) is 20.7. The minimum Gasteiger partial charge on any atom is -0.396 e. The third-order valence-electron chi connectivity index (χ3n) is 5.32. The predicted molar refractivity (Wildman–Crippen MR) is 121 cm³/mol. The Hall–Kier alpha value is -0.910. The molecule has 0 spiro atoms. The van der Waals surface area contributed by atoms with Crippen molar-refractivity contribution in [2.24, 2.45) is 0 Å². The third kappa shape index (κ3) is 18.8. The highest BCUT2D eigenvalue weighted by Crippen LogP contribution is 2.12. The molecule has 5 heteroatoms. The maximum absolute atomic E-state index is 11.8. The Bertz CT molecular complexity index is 387. The molecule has 0 aliphatic carbocycles. The van der Waals surface area contributed by atoms with E-state index in [4.69, 9.17) is 5.11 Å². The van der Waals surface area contributed by atoms with Gasteiger partial charge in [0.2, 0.25) is 5.91 Å². The minimum absolute atomic E-state index is 0.142. The minimum atomic E-state index is -0.867. The van der Waals surface area contributed by atoms with Crippen molar-refractivity contribution in [3.63, 3.8) is 0 Å². The maximum Gasteiger partial charge on any atom is 0.220 e. The first kappa shape index (κ1) is 28.1. The molecule has 0 aliphatic heterocycles. The zero-order valence-corrected chi connectivity index (χ0v) is 18.8. The Morgan fingerprint density at radius 3 is 1.93 bits per heavy atom. The maximum atomic E-state index is 11.8. The fraction of sp³-hybridized carbons (Fsp3) is 0.875. The third-order valence-corrected chi connectivity index (χ3v) is 5.32. The van der Waals surface area contributed by atoms with Crippen LogP contribution in [0, 0.1) is 0 Å². The van der Waals surface area contributed by atoms with Crippen LogP contribution in [-0.2, 0) is 4.79 Å². The monoisotopic (exact) mass is 413 g/mol. The molecular formula is C24H47NO4. The molecule has 0 rings (SSSR count). The van der Waals surface area contributed by atoms with E-state index < -0.39 is 12.1 Å². The molecule has 0 aliphatic rings. The SMILES string of the molecule is CCCCCCCCCCCCC/C=C/C(O)C(CO)NC(=O)CCCCCO. The Morgan fingerprint density at radius 1 is 0.828 bits per heavy atom. The van der Waals surface area contributed by atoms with Gasteiger partial charge in [-0.25, -0.2) is 0 Å². The van der Waals surface area contributed by atoms with Crippen molar-refractivity contribution in [1.29, 1.82) is 0 Å². The van der Waals surface area contributed by atoms with Crippen LogP contribution in [0.2, 0.25) is 0 Å². The average molecular weight is 414 g/mol. The van der Waals surface area contributed by atoms with Crippen LogP contribution >= 0.6 is 0 Å². The van der Waals surface area contributed by atoms with Crippen molar-refractivity contribution in [3.05, 3.63) is 12.2 Å². The smallest absolute Gasteiger partial charge is 0.220 e. The molecule has 1 amide bonds. The van der Waals surface area contributed by atoms with Crippen LogP contribution < -0.4 is 5.32 Å². The van der Waals surface area contributed by atoms with Gasteiger partial charge in [0.05, 0.1) is 18.8 Å². The first-order chi connectivity index (χ1) is 14.2. The second kappa shape index (κ2) is 21.8. The highest BCUT2D eigenvalue weighted by Gasteiger charge is 2.17.